The highest BCUT2D eigenvalue weighted by molar-refractivity contribution is 7.94. The molecule has 0 saturated heterocycles. The number of sulfone groups is 1. The van der Waals surface area contributed by atoms with Gasteiger partial charge in [-0.3, -0.25) is 0 Å². The lowest BCUT2D eigenvalue weighted by Gasteiger charge is -2.21. The topological polar surface area (TPSA) is 34.1 Å². The first-order chi connectivity index (χ1) is 12.1. The summed E-state index contributed by atoms with van der Waals surface area (Å²) in [4.78, 5) is 0.485. The molecule has 0 spiro atoms. The van der Waals surface area contributed by atoms with Gasteiger partial charge >= 0.3 is 0 Å². The number of hydrogen-bond donors (Lipinski definition) is 0. The zero-order valence-corrected chi connectivity index (χ0v) is 17.5. The van der Waals surface area contributed by atoms with Crippen LogP contribution < -0.4 is 0 Å². The second kappa shape index (κ2) is 8.22. The molecule has 3 heteroatoms. The Balaban J connectivity index is 2.67. The minimum Gasteiger partial charge on any atom is -0.219 e. The van der Waals surface area contributed by atoms with Crippen molar-refractivity contribution in [1.82, 2.24) is 0 Å². The Morgan fingerprint density at radius 3 is 1.69 bits per heavy atom. The van der Waals surface area contributed by atoms with Gasteiger partial charge in [0, 0.05) is 5.41 Å². The van der Waals surface area contributed by atoms with E-state index in [0.29, 0.717) is 10.8 Å². The van der Waals surface area contributed by atoms with E-state index in [4.69, 9.17) is 0 Å². The maximum atomic E-state index is 13.3. The molecule has 2 aromatic carbocycles. The van der Waals surface area contributed by atoms with Crippen LogP contribution in [0.2, 0.25) is 0 Å². The van der Waals surface area contributed by atoms with Crippen molar-refractivity contribution < 1.29 is 8.42 Å². The predicted octanol–water partition coefficient (Wildman–Crippen LogP) is 6.50. The average Bonchev–Trinajstić information content (AvgIpc) is 2.59. The largest absolute Gasteiger partial charge is 0.219 e. The van der Waals surface area contributed by atoms with Crippen LogP contribution in [0.15, 0.2) is 52.8 Å². The molecule has 0 aromatic heterocycles. The summed E-state index contributed by atoms with van der Waals surface area (Å²) >= 11 is 0. The summed E-state index contributed by atoms with van der Waals surface area (Å²) in [5.74, 6) is 0.642. The van der Waals surface area contributed by atoms with E-state index in [1.165, 1.54) is 11.0 Å². The first kappa shape index (κ1) is 20.4. The summed E-state index contributed by atoms with van der Waals surface area (Å²) in [6, 6.07) is 13.7. The van der Waals surface area contributed by atoms with Crippen LogP contribution in [0.4, 0.5) is 0 Å². The van der Waals surface area contributed by atoms with E-state index in [0.717, 1.165) is 16.7 Å². The fourth-order valence-corrected chi connectivity index (χ4v) is 4.74. The molecular formula is C23H30O2S. The maximum Gasteiger partial charge on any atom is 0.200 e. The maximum absolute atomic E-state index is 13.3. The third-order valence-corrected chi connectivity index (χ3v) is 6.14. The van der Waals surface area contributed by atoms with E-state index in [2.05, 4.69) is 53.7 Å². The molecule has 2 aromatic rings. The lowest BCUT2D eigenvalue weighted by atomic mass is 9.89. The Hall–Kier alpha value is -1.87. The first-order valence-corrected chi connectivity index (χ1v) is 10.8. The van der Waals surface area contributed by atoms with Crippen molar-refractivity contribution in [2.45, 2.75) is 64.2 Å². The minimum absolute atomic E-state index is 0.140. The molecule has 0 N–H and O–H groups in total. The Morgan fingerprint density at radius 2 is 1.27 bits per heavy atom. The Kier molecular flexibility index (Phi) is 6.46. The van der Waals surface area contributed by atoms with Crippen molar-refractivity contribution in [3.8, 4) is 0 Å². The molecule has 0 heterocycles. The van der Waals surface area contributed by atoms with Crippen LogP contribution in [0.25, 0.3) is 6.08 Å². The first-order valence-electron chi connectivity index (χ1n) is 9.29. The Bertz CT molecular complexity index is 845. The molecule has 2 nitrogen and oxygen atoms in total. The molecule has 0 fully saturated rings. The predicted molar refractivity (Wildman–Crippen MR) is 111 cm³/mol. The molecule has 26 heavy (non-hydrogen) atoms. The number of benzene rings is 2. The van der Waals surface area contributed by atoms with Gasteiger partial charge in [-0.25, -0.2) is 8.42 Å². The van der Waals surface area contributed by atoms with Gasteiger partial charge in [0.05, 0.1) is 4.90 Å². The molecule has 0 saturated carbocycles. The van der Waals surface area contributed by atoms with Crippen LogP contribution in [0, 0.1) is 0 Å². The van der Waals surface area contributed by atoms with E-state index < -0.39 is 9.84 Å². The lowest BCUT2D eigenvalue weighted by molar-refractivity contribution is 0.599. The van der Waals surface area contributed by atoms with Crippen molar-refractivity contribution in [3.05, 3.63) is 70.1 Å². The van der Waals surface area contributed by atoms with Gasteiger partial charge in [-0.05, 0) is 46.1 Å². The van der Waals surface area contributed by atoms with Gasteiger partial charge in [0.1, 0.15) is 0 Å². The molecule has 0 unspecified atom stereocenters. The van der Waals surface area contributed by atoms with Crippen LogP contribution in [0.5, 0.6) is 0 Å². The van der Waals surface area contributed by atoms with Gasteiger partial charge in [0.25, 0.3) is 0 Å². The molecular weight excluding hydrogens is 340 g/mol. The van der Waals surface area contributed by atoms with Gasteiger partial charge < -0.3 is 0 Å². The molecule has 0 bridgehead atoms. The third kappa shape index (κ3) is 4.64. The van der Waals surface area contributed by atoms with Gasteiger partial charge in [-0.15, -0.1) is 0 Å². The fourth-order valence-electron chi connectivity index (χ4n) is 3.02. The summed E-state index contributed by atoms with van der Waals surface area (Å²) in [6.45, 7) is 12.5. The molecule has 2 rings (SSSR count). The third-order valence-electron chi connectivity index (χ3n) is 4.60. The number of hydrogen-bond acceptors (Lipinski definition) is 2. The van der Waals surface area contributed by atoms with E-state index in [1.54, 1.807) is 6.08 Å². The van der Waals surface area contributed by atoms with Crippen LogP contribution in [0.3, 0.4) is 0 Å². The smallest absolute Gasteiger partial charge is 0.200 e. The van der Waals surface area contributed by atoms with Crippen molar-refractivity contribution in [3.63, 3.8) is 0 Å². The van der Waals surface area contributed by atoms with E-state index in [1.807, 2.05) is 30.3 Å². The second-order valence-corrected chi connectivity index (χ2v) is 9.52. The minimum atomic E-state index is -3.53. The van der Waals surface area contributed by atoms with Crippen molar-refractivity contribution in [2.24, 2.45) is 0 Å². The zero-order valence-electron chi connectivity index (χ0n) is 16.7. The lowest BCUT2D eigenvalue weighted by Crippen LogP contribution is -2.10. The van der Waals surface area contributed by atoms with Crippen LogP contribution in [0.1, 0.15) is 81.5 Å². The zero-order chi connectivity index (χ0) is 19.5. The number of rotatable bonds is 6. The monoisotopic (exact) mass is 370 g/mol. The molecule has 0 aliphatic heterocycles. The molecule has 0 radical (unpaired) electrons. The Labute approximate surface area is 158 Å². The van der Waals surface area contributed by atoms with Crippen LogP contribution in [-0.4, -0.2) is 8.42 Å². The van der Waals surface area contributed by atoms with Gasteiger partial charge in [0.15, 0.2) is 9.84 Å². The molecule has 0 aliphatic rings. The summed E-state index contributed by atoms with van der Waals surface area (Å²) < 4.78 is 26.5. The van der Waals surface area contributed by atoms with Gasteiger partial charge in [0.2, 0.25) is 0 Å². The standard InChI is InChI=1S/C23H30O2S/c1-16(2)20-14-21(17(3)4)23(22(15-20)18(5)6)26(24,25)13-12-19-10-8-7-9-11-19/h7-18H,1-6H3/b13-12+. The molecule has 0 aliphatic carbocycles. The normalized spacial score (nSPS) is 12.7. The van der Waals surface area contributed by atoms with E-state index >= 15 is 0 Å². The van der Waals surface area contributed by atoms with E-state index in [9.17, 15) is 8.42 Å². The quantitative estimate of drug-likeness (QED) is 0.581. The van der Waals surface area contributed by atoms with Gasteiger partial charge in [-0.1, -0.05) is 84.0 Å². The summed E-state index contributed by atoms with van der Waals surface area (Å²) in [5.41, 5.74) is 3.91. The summed E-state index contributed by atoms with van der Waals surface area (Å²) in [7, 11) is -3.53. The Morgan fingerprint density at radius 1 is 0.769 bits per heavy atom. The van der Waals surface area contributed by atoms with Crippen LogP contribution in [-0.2, 0) is 9.84 Å². The molecule has 0 atom stereocenters. The summed E-state index contributed by atoms with van der Waals surface area (Å²) in [5, 5.41) is 1.35. The highest BCUT2D eigenvalue weighted by atomic mass is 32.2. The van der Waals surface area contributed by atoms with E-state index in [-0.39, 0.29) is 11.8 Å². The highest BCUT2D eigenvalue weighted by Gasteiger charge is 2.25. The van der Waals surface area contributed by atoms with Crippen LogP contribution >= 0.6 is 0 Å². The highest BCUT2D eigenvalue weighted by Crippen LogP contribution is 2.36. The van der Waals surface area contributed by atoms with Crippen molar-refractivity contribution in [2.75, 3.05) is 0 Å². The van der Waals surface area contributed by atoms with Crippen molar-refractivity contribution >= 4 is 15.9 Å². The summed E-state index contributed by atoms with van der Waals surface area (Å²) in [6.07, 6.45) is 1.68. The second-order valence-electron chi connectivity index (χ2n) is 7.75. The fraction of sp³-hybridized carbons (Fsp3) is 0.391. The van der Waals surface area contributed by atoms with Crippen molar-refractivity contribution in [1.29, 1.82) is 0 Å². The molecule has 140 valence electrons. The SMILES string of the molecule is CC(C)c1cc(C(C)C)c(S(=O)(=O)/C=C/c2ccccc2)c(C(C)C)c1. The molecule has 0 amide bonds. The average molecular weight is 371 g/mol. The van der Waals surface area contributed by atoms with Gasteiger partial charge in [-0.2, -0.15) is 0 Å².